The van der Waals surface area contributed by atoms with Crippen LogP contribution in [0.3, 0.4) is 0 Å². The Balaban J connectivity index is 1.32. The van der Waals surface area contributed by atoms with E-state index >= 15 is 0 Å². The average Bonchev–Trinajstić information content (AvgIpc) is 3.33. The molecule has 0 spiro atoms. The van der Waals surface area contributed by atoms with Gasteiger partial charge in [-0.1, -0.05) is 30.3 Å². The molecule has 140 valence electrons. The molecule has 2 heterocycles. The standard InChI is InChI=1S/C21H24N4OS/c26-20(13-17-11-18-6-1-2-7-19(18)12-17)24-9-4-10-25(24)21(27)23-15-16-5-3-8-22-14-16/h1-3,5-8,14,17H,4,9-13,15H2,(H,23,27). The molecule has 2 aliphatic rings. The maximum absolute atomic E-state index is 12.9. The second-order valence-electron chi connectivity index (χ2n) is 7.26. The van der Waals surface area contributed by atoms with Crippen molar-refractivity contribution < 1.29 is 4.79 Å². The van der Waals surface area contributed by atoms with E-state index in [0.29, 0.717) is 24.0 Å². The molecule has 1 aromatic heterocycles. The summed E-state index contributed by atoms with van der Waals surface area (Å²) >= 11 is 5.55. The van der Waals surface area contributed by atoms with Crippen LogP contribution < -0.4 is 5.32 Å². The second-order valence-corrected chi connectivity index (χ2v) is 7.65. The number of hydrogen-bond acceptors (Lipinski definition) is 3. The van der Waals surface area contributed by atoms with E-state index in [-0.39, 0.29) is 5.91 Å². The molecule has 0 atom stereocenters. The fraction of sp³-hybridized carbons (Fsp3) is 0.381. The van der Waals surface area contributed by atoms with Crippen molar-refractivity contribution in [3.8, 4) is 0 Å². The predicted octanol–water partition coefficient (Wildman–Crippen LogP) is 2.71. The van der Waals surface area contributed by atoms with Gasteiger partial charge in [-0.25, -0.2) is 0 Å². The molecule has 27 heavy (non-hydrogen) atoms. The molecule has 1 amide bonds. The van der Waals surface area contributed by atoms with Gasteiger partial charge >= 0.3 is 0 Å². The molecule has 2 aromatic rings. The highest BCUT2D eigenvalue weighted by molar-refractivity contribution is 7.80. The van der Waals surface area contributed by atoms with Crippen molar-refractivity contribution in [3.63, 3.8) is 0 Å². The molecule has 1 aliphatic carbocycles. The molecule has 0 unspecified atom stereocenters. The Bertz CT molecular complexity index is 801. The number of nitrogens with zero attached hydrogens (tertiary/aromatic N) is 3. The van der Waals surface area contributed by atoms with Crippen LogP contribution in [-0.2, 0) is 24.2 Å². The van der Waals surface area contributed by atoms with Crippen LogP contribution in [0, 0.1) is 5.92 Å². The van der Waals surface area contributed by atoms with Crippen molar-refractivity contribution in [1.29, 1.82) is 0 Å². The van der Waals surface area contributed by atoms with Gasteiger partial charge in [-0.3, -0.25) is 19.8 Å². The second kappa shape index (κ2) is 8.05. The van der Waals surface area contributed by atoms with Gasteiger partial charge in [-0.15, -0.1) is 0 Å². The molecule has 1 aromatic carbocycles. The number of carbonyl (C=O) groups excluding carboxylic acids is 1. The summed E-state index contributed by atoms with van der Waals surface area (Å²) in [5.41, 5.74) is 3.85. The lowest BCUT2D eigenvalue weighted by atomic mass is 10.0. The van der Waals surface area contributed by atoms with Crippen LogP contribution in [0.25, 0.3) is 0 Å². The Morgan fingerprint density at radius 1 is 1.11 bits per heavy atom. The monoisotopic (exact) mass is 380 g/mol. The summed E-state index contributed by atoms with van der Waals surface area (Å²) in [6.07, 6.45) is 7.10. The average molecular weight is 381 g/mol. The summed E-state index contributed by atoms with van der Waals surface area (Å²) < 4.78 is 0. The van der Waals surface area contributed by atoms with Gasteiger partial charge in [0.25, 0.3) is 0 Å². The summed E-state index contributed by atoms with van der Waals surface area (Å²) in [5.74, 6) is 0.574. The van der Waals surface area contributed by atoms with E-state index in [9.17, 15) is 4.79 Å². The fourth-order valence-electron chi connectivity index (χ4n) is 4.00. The largest absolute Gasteiger partial charge is 0.357 e. The molecule has 1 saturated heterocycles. The van der Waals surface area contributed by atoms with Crippen molar-refractivity contribution in [1.82, 2.24) is 20.3 Å². The zero-order valence-electron chi connectivity index (χ0n) is 15.3. The number of rotatable bonds is 4. The number of amides is 1. The highest BCUT2D eigenvalue weighted by Gasteiger charge is 2.31. The molecule has 1 N–H and O–H groups in total. The molecule has 1 aliphatic heterocycles. The number of aromatic nitrogens is 1. The minimum atomic E-state index is 0.177. The minimum Gasteiger partial charge on any atom is -0.357 e. The number of thiocarbonyl (C=S) groups is 1. The van der Waals surface area contributed by atoms with Crippen molar-refractivity contribution in [2.75, 3.05) is 13.1 Å². The summed E-state index contributed by atoms with van der Waals surface area (Å²) in [6.45, 7) is 2.14. The molecule has 0 radical (unpaired) electrons. The van der Waals surface area contributed by atoms with Gasteiger partial charge in [-0.2, -0.15) is 0 Å². The number of carbonyl (C=O) groups is 1. The molecular formula is C21H24N4OS. The van der Waals surface area contributed by atoms with Crippen LogP contribution in [-0.4, -0.2) is 39.1 Å². The quantitative estimate of drug-likeness (QED) is 0.827. The Morgan fingerprint density at radius 3 is 2.56 bits per heavy atom. The molecule has 0 saturated carbocycles. The van der Waals surface area contributed by atoms with Crippen molar-refractivity contribution in [2.24, 2.45) is 5.92 Å². The third-order valence-corrected chi connectivity index (χ3v) is 5.67. The van der Waals surface area contributed by atoms with E-state index < -0.39 is 0 Å². The van der Waals surface area contributed by atoms with E-state index in [1.165, 1.54) is 11.1 Å². The molecule has 6 heteroatoms. The summed E-state index contributed by atoms with van der Waals surface area (Å²) in [4.78, 5) is 17.0. The first-order chi connectivity index (χ1) is 13.2. The lowest BCUT2D eigenvalue weighted by Gasteiger charge is -2.31. The smallest absolute Gasteiger partial charge is 0.241 e. The Labute approximate surface area is 165 Å². The van der Waals surface area contributed by atoms with E-state index in [0.717, 1.165) is 37.9 Å². The highest BCUT2D eigenvalue weighted by atomic mass is 32.1. The number of hydrazine groups is 1. The van der Waals surface area contributed by atoms with Gasteiger partial charge in [0.1, 0.15) is 0 Å². The Morgan fingerprint density at radius 2 is 1.85 bits per heavy atom. The summed E-state index contributed by atoms with van der Waals surface area (Å²) in [6, 6.07) is 12.4. The maximum Gasteiger partial charge on any atom is 0.241 e. The Hall–Kier alpha value is -2.47. The van der Waals surface area contributed by atoms with Gasteiger partial charge < -0.3 is 5.32 Å². The summed E-state index contributed by atoms with van der Waals surface area (Å²) in [7, 11) is 0. The van der Waals surface area contributed by atoms with Gasteiger partial charge in [0.15, 0.2) is 5.11 Å². The number of hydrogen-bond donors (Lipinski definition) is 1. The lowest BCUT2D eigenvalue weighted by molar-refractivity contribution is -0.139. The topological polar surface area (TPSA) is 48.5 Å². The summed E-state index contributed by atoms with van der Waals surface area (Å²) in [5, 5.41) is 7.63. The normalized spacial score (nSPS) is 16.4. The first-order valence-electron chi connectivity index (χ1n) is 9.52. The number of pyridine rings is 1. The third kappa shape index (κ3) is 4.11. The van der Waals surface area contributed by atoms with E-state index in [1.54, 1.807) is 6.20 Å². The number of nitrogens with one attached hydrogen (secondary N) is 1. The SMILES string of the molecule is O=C(CC1Cc2ccccc2C1)N1CCCN1C(=S)NCc1cccnc1. The number of benzene rings is 1. The molecule has 1 fully saturated rings. The van der Waals surface area contributed by atoms with Gasteiger partial charge in [0.2, 0.25) is 5.91 Å². The molecule has 0 bridgehead atoms. The van der Waals surface area contributed by atoms with Gasteiger partial charge in [0, 0.05) is 38.4 Å². The molecular weight excluding hydrogens is 356 g/mol. The third-order valence-electron chi connectivity index (χ3n) is 5.32. The zero-order valence-corrected chi connectivity index (χ0v) is 16.1. The predicted molar refractivity (Wildman–Crippen MR) is 109 cm³/mol. The van der Waals surface area contributed by atoms with E-state index in [1.807, 2.05) is 28.3 Å². The van der Waals surface area contributed by atoms with E-state index in [2.05, 4.69) is 34.6 Å². The van der Waals surface area contributed by atoms with Crippen LogP contribution in [0.2, 0.25) is 0 Å². The van der Waals surface area contributed by atoms with Crippen molar-refractivity contribution in [3.05, 3.63) is 65.5 Å². The zero-order chi connectivity index (χ0) is 18.6. The van der Waals surface area contributed by atoms with Gasteiger partial charge in [0.05, 0.1) is 0 Å². The maximum atomic E-state index is 12.9. The molecule has 4 rings (SSSR count). The van der Waals surface area contributed by atoms with Crippen LogP contribution in [0.4, 0.5) is 0 Å². The fourth-order valence-corrected chi connectivity index (χ4v) is 4.26. The highest BCUT2D eigenvalue weighted by Crippen LogP contribution is 2.29. The van der Waals surface area contributed by atoms with E-state index in [4.69, 9.17) is 12.2 Å². The first-order valence-corrected chi connectivity index (χ1v) is 9.93. The van der Waals surface area contributed by atoms with Crippen LogP contribution >= 0.6 is 12.2 Å². The van der Waals surface area contributed by atoms with Crippen molar-refractivity contribution >= 4 is 23.2 Å². The van der Waals surface area contributed by atoms with Gasteiger partial charge in [-0.05, 0) is 60.2 Å². The minimum absolute atomic E-state index is 0.177. The van der Waals surface area contributed by atoms with Crippen LogP contribution in [0.5, 0.6) is 0 Å². The van der Waals surface area contributed by atoms with Crippen LogP contribution in [0.1, 0.15) is 29.5 Å². The Kier molecular flexibility index (Phi) is 5.34. The number of fused-ring (bicyclic) bond motifs is 1. The first kappa shape index (κ1) is 17.9. The van der Waals surface area contributed by atoms with Crippen LogP contribution in [0.15, 0.2) is 48.8 Å². The van der Waals surface area contributed by atoms with Crippen molar-refractivity contribution in [2.45, 2.75) is 32.2 Å². The molecule has 5 nitrogen and oxygen atoms in total. The lowest BCUT2D eigenvalue weighted by Crippen LogP contribution is -2.49.